The van der Waals surface area contributed by atoms with Crippen LogP contribution in [0.3, 0.4) is 0 Å². The van der Waals surface area contributed by atoms with Crippen molar-refractivity contribution in [1.29, 1.82) is 0 Å². The second-order valence-electron chi connectivity index (χ2n) is 8.46. The van der Waals surface area contributed by atoms with Gasteiger partial charge in [0.25, 0.3) is 11.8 Å². The summed E-state index contributed by atoms with van der Waals surface area (Å²) in [4.78, 5) is 40.4. The molecule has 2 aromatic rings. The van der Waals surface area contributed by atoms with Gasteiger partial charge in [0.15, 0.2) is 0 Å². The van der Waals surface area contributed by atoms with E-state index in [2.05, 4.69) is 10.6 Å². The number of methoxy groups -OCH3 is 1. The molecule has 1 unspecified atom stereocenters. The SMILES string of the molecule is COc1ccc(C(=O)NC(C(=O)NC2CC2)C2CCN(C(=O)c3ccccc3)CC2)cc1. The number of likely N-dealkylation sites (tertiary alicyclic amines) is 1. The summed E-state index contributed by atoms with van der Waals surface area (Å²) in [6.45, 7) is 1.12. The molecule has 4 rings (SSSR count). The van der Waals surface area contributed by atoms with Crippen LogP contribution in [0.2, 0.25) is 0 Å². The molecule has 7 heteroatoms. The molecule has 1 saturated heterocycles. The molecule has 2 N–H and O–H groups in total. The molecule has 0 bridgehead atoms. The van der Waals surface area contributed by atoms with E-state index >= 15 is 0 Å². The fourth-order valence-electron chi connectivity index (χ4n) is 4.08. The average Bonchev–Trinajstić information content (AvgIpc) is 3.66. The Balaban J connectivity index is 1.41. The van der Waals surface area contributed by atoms with Gasteiger partial charge in [0.1, 0.15) is 11.8 Å². The maximum atomic E-state index is 13.0. The monoisotopic (exact) mass is 435 g/mol. The van der Waals surface area contributed by atoms with E-state index in [9.17, 15) is 14.4 Å². The summed E-state index contributed by atoms with van der Waals surface area (Å²) in [5.41, 5.74) is 1.15. The first-order valence-corrected chi connectivity index (χ1v) is 11.1. The van der Waals surface area contributed by atoms with Crippen LogP contribution in [-0.4, -0.2) is 54.9 Å². The van der Waals surface area contributed by atoms with Crippen molar-refractivity contribution in [2.45, 2.75) is 37.8 Å². The molecule has 2 fully saturated rings. The van der Waals surface area contributed by atoms with Crippen molar-refractivity contribution in [2.24, 2.45) is 5.92 Å². The summed E-state index contributed by atoms with van der Waals surface area (Å²) in [6, 6.07) is 15.6. The highest BCUT2D eigenvalue weighted by Gasteiger charge is 2.36. The molecule has 2 aliphatic rings. The molecular formula is C25H29N3O4. The van der Waals surface area contributed by atoms with Crippen LogP contribution >= 0.6 is 0 Å². The summed E-state index contributed by atoms with van der Waals surface area (Å²) in [7, 11) is 1.57. The molecular weight excluding hydrogens is 406 g/mol. The van der Waals surface area contributed by atoms with E-state index in [1.165, 1.54) is 0 Å². The van der Waals surface area contributed by atoms with Gasteiger partial charge in [-0.2, -0.15) is 0 Å². The van der Waals surface area contributed by atoms with Crippen LogP contribution in [0.4, 0.5) is 0 Å². The maximum absolute atomic E-state index is 13.0. The van der Waals surface area contributed by atoms with Crippen LogP contribution in [-0.2, 0) is 4.79 Å². The number of benzene rings is 2. The normalized spacial score (nSPS) is 17.3. The number of carbonyl (C=O) groups excluding carboxylic acids is 3. The molecule has 1 heterocycles. The number of ether oxygens (including phenoxy) is 1. The van der Waals surface area contributed by atoms with Gasteiger partial charge in [-0.15, -0.1) is 0 Å². The van der Waals surface area contributed by atoms with Gasteiger partial charge in [0.2, 0.25) is 5.91 Å². The second kappa shape index (κ2) is 9.85. The molecule has 0 radical (unpaired) electrons. The molecule has 0 aromatic heterocycles. The Bertz CT molecular complexity index is 949. The van der Waals surface area contributed by atoms with Gasteiger partial charge in [-0.3, -0.25) is 14.4 Å². The second-order valence-corrected chi connectivity index (χ2v) is 8.46. The first-order chi connectivity index (χ1) is 15.5. The zero-order valence-electron chi connectivity index (χ0n) is 18.3. The van der Waals surface area contributed by atoms with Crippen LogP contribution in [0, 0.1) is 5.92 Å². The van der Waals surface area contributed by atoms with E-state index in [0.29, 0.717) is 42.8 Å². The number of nitrogens with one attached hydrogen (secondary N) is 2. The van der Waals surface area contributed by atoms with Crippen LogP contribution in [0.15, 0.2) is 54.6 Å². The Hall–Kier alpha value is -3.35. The summed E-state index contributed by atoms with van der Waals surface area (Å²) >= 11 is 0. The third-order valence-electron chi connectivity index (χ3n) is 6.16. The maximum Gasteiger partial charge on any atom is 0.253 e. The van der Waals surface area contributed by atoms with E-state index in [1.807, 2.05) is 35.2 Å². The first-order valence-electron chi connectivity index (χ1n) is 11.1. The predicted octanol–water partition coefficient (Wildman–Crippen LogP) is 2.62. The minimum Gasteiger partial charge on any atom is -0.497 e. The lowest BCUT2D eigenvalue weighted by Gasteiger charge is -2.36. The predicted molar refractivity (Wildman–Crippen MR) is 120 cm³/mol. The Morgan fingerprint density at radius 2 is 1.56 bits per heavy atom. The lowest BCUT2D eigenvalue weighted by molar-refractivity contribution is -0.124. The topological polar surface area (TPSA) is 87.7 Å². The number of piperidine rings is 1. The van der Waals surface area contributed by atoms with Crippen molar-refractivity contribution in [3.63, 3.8) is 0 Å². The van der Waals surface area contributed by atoms with Gasteiger partial charge in [-0.05, 0) is 68.0 Å². The quantitative estimate of drug-likeness (QED) is 0.700. The molecule has 32 heavy (non-hydrogen) atoms. The largest absolute Gasteiger partial charge is 0.497 e. The standard InChI is InChI=1S/C25H29N3O4/c1-32-21-11-7-18(8-12-21)23(29)27-22(24(30)26-20-9-10-20)17-13-15-28(16-14-17)25(31)19-5-3-2-4-6-19/h2-8,11-12,17,20,22H,9-10,13-16H2,1H3,(H,26,30)(H,27,29). The van der Waals surface area contributed by atoms with Gasteiger partial charge in [0.05, 0.1) is 7.11 Å². The summed E-state index contributed by atoms with van der Waals surface area (Å²) in [5, 5.41) is 5.99. The number of nitrogens with zero attached hydrogens (tertiary/aromatic N) is 1. The fraction of sp³-hybridized carbons (Fsp3) is 0.400. The zero-order valence-corrected chi connectivity index (χ0v) is 18.3. The molecule has 0 spiro atoms. The molecule has 2 aromatic carbocycles. The molecule has 7 nitrogen and oxygen atoms in total. The lowest BCUT2D eigenvalue weighted by atomic mass is 9.88. The van der Waals surface area contributed by atoms with Crippen LogP contribution in [0.25, 0.3) is 0 Å². The Labute approximate surface area is 188 Å². The molecule has 1 aliphatic heterocycles. The molecule has 3 amide bonds. The molecule has 1 atom stereocenters. The van der Waals surface area contributed by atoms with Gasteiger partial charge in [-0.1, -0.05) is 18.2 Å². The Kier molecular flexibility index (Phi) is 6.73. The number of carbonyl (C=O) groups is 3. The van der Waals surface area contributed by atoms with Crippen molar-refractivity contribution in [3.05, 3.63) is 65.7 Å². The zero-order chi connectivity index (χ0) is 22.5. The third kappa shape index (κ3) is 5.28. The molecule has 168 valence electrons. The van der Waals surface area contributed by atoms with E-state index in [4.69, 9.17) is 4.74 Å². The molecule has 1 aliphatic carbocycles. The third-order valence-corrected chi connectivity index (χ3v) is 6.16. The van der Waals surface area contributed by atoms with Crippen molar-refractivity contribution in [1.82, 2.24) is 15.5 Å². The van der Waals surface area contributed by atoms with Crippen molar-refractivity contribution < 1.29 is 19.1 Å². The van der Waals surface area contributed by atoms with E-state index in [1.54, 1.807) is 31.4 Å². The number of hydrogen-bond donors (Lipinski definition) is 2. The van der Waals surface area contributed by atoms with Crippen LogP contribution < -0.4 is 15.4 Å². The van der Waals surface area contributed by atoms with E-state index in [-0.39, 0.29) is 29.7 Å². The smallest absolute Gasteiger partial charge is 0.253 e. The number of hydrogen-bond acceptors (Lipinski definition) is 4. The van der Waals surface area contributed by atoms with Crippen LogP contribution in [0.1, 0.15) is 46.4 Å². The van der Waals surface area contributed by atoms with Crippen molar-refractivity contribution in [2.75, 3.05) is 20.2 Å². The van der Waals surface area contributed by atoms with Gasteiger partial charge < -0.3 is 20.3 Å². The number of amides is 3. The van der Waals surface area contributed by atoms with Crippen molar-refractivity contribution >= 4 is 17.7 Å². The highest BCUT2D eigenvalue weighted by Crippen LogP contribution is 2.25. The van der Waals surface area contributed by atoms with E-state index < -0.39 is 6.04 Å². The highest BCUT2D eigenvalue weighted by molar-refractivity contribution is 5.98. The van der Waals surface area contributed by atoms with Crippen molar-refractivity contribution in [3.8, 4) is 5.75 Å². The van der Waals surface area contributed by atoms with Gasteiger partial charge >= 0.3 is 0 Å². The molecule has 1 saturated carbocycles. The summed E-state index contributed by atoms with van der Waals surface area (Å²) in [6.07, 6.45) is 3.28. The first kappa shape index (κ1) is 21.9. The minimum atomic E-state index is -0.626. The van der Waals surface area contributed by atoms with E-state index in [0.717, 1.165) is 12.8 Å². The average molecular weight is 436 g/mol. The fourth-order valence-corrected chi connectivity index (χ4v) is 4.08. The minimum absolute atomic E-state index is 0.00491. The summed E-state index contributed by atoms with van der Waals surface area (Å²) < 4.78 is 5.15. The van der Waals surface area contributed by atoms with Gasteiger partial charge in [-0.25, -0.2) is 0 Å². The van der Waals surface area contributed by atoms with Crippen LogP contribution in [0.5, 0.6) is 5.75 Å². The Morgan fingerprint density at radius 3 is 2.16 bits per heavy atom. The lowest BCUT2D eigenvalue weighted by Crippen LogP contribution is -2.54. The number of rotatable bonds is 7. The van der Waals surface area contributed by atoms with Gasteiger partial charge in [0, 0.05) is 30.3 Å². The highest BCUT2D eigenvalue weighted by atomic mass is 16.5. The summed E-state index contributed by atoms with van der Waals surface area (Å²) in [5.74, 6) is 0.217. The Morgan fingerprint density at radius 1 is 0.906 bits per heavy atom.